The van der Waals surface area contributed by atoms with Gasteiger partial charge in [-0.15, -0.1) is 5.10 Å². The molecule has 0 atom stereocenters. The van der Waals surface area contributed by atoms with Gasteiger partial charge in [0, 0.05) is 23.8 Å². The quantitative estimate of drug-likeness (QED) is 0.392. The zero-order valence-electron chi connectivity index (χ0n) is 17.8. The number of primary amides is 1. The minimum absolute atomic E-state index is 0.0276. The van der Waals surface area contributed by atoms with E-state index in [1.54, 1.807) is 35.2 Å². The Hall–Kier alpha value is -4.66. The standard InChI is InChI=1S/C17H15NO2.C7H7N5O/c1-2-13-11-12-7-6-10-15(19)16(12)17(20)18(13)14-8-4-3-5-9-14;8-5-4(6(9)13)7-10-2-1-3-12(7)11-5/h3-11,19H,2H2,1H3;1-3H,(H2,8,11)(H2,9,13). The molecule has 0 radical (unpaired) electrons. The van der Waals surface area contributed by atoms with Crippen LogP contribution in [0.5, 0.6) is 5.75 Å². The predicted octanol–water partition coefficient (Wildman–Crippen LogP) is 2.67. The second-order valence-electron chi connectivity index (χ2n) is 7.22. The topological polar surface area (TPSA) is 142 Å². The molecular formula is C24H22N6O3. The van der Waals surface area contributed by atoms with Crippen LogP contribution in [0, 0.1) is 0 Å². The van der Waals surface area contributed by atoms with Crippen LogP contribution in [-0.4, -0.2) is 30.2 Å². The molecule has 3 aromatic heterocycles. The summed E-state index contributed by atoms with van der Waals surface area (Å²) in [4.78, 5) is 27.6. The fourth-order valence-corrected chi connectivity index (χ4v) is 3.66. The largest absolute Gasteiger partial charge is 0.507 e. The molecule has 33 heavy (non-hydrogen) atoms. The van der Waals surface area contributed by atoms with E-state index in [1.807, 2.05) is 49.4 Å². The average molecular weight is 442 g/mol. The van der Waals surface area contributed by atoms with Gasteiger partial charge in [0.2, 0.25) is 0 Å². The zero-order valence-corrected chi connectivity index (χ0v) is 17.8. The summed E-state index contributed by atoms with van der Waals surface area (Å²) in [5.74, 6) is -0.489. The van der Waals surface area contributed by atoms with E-state index in [9.17, 15) is 14.7 Å². The van der Waals surface area contributed by atoms with Crippen LogP contribution in [0.1, 0.15) is 23.0 Å². The highest BCUT2D eigenvalue weighted by Gasteiger charge is 2.15. The molecule has 0 aliphatic rings. The van der Waals surface area contributed by atoms with Crippen LogP contribution in [0.15, 0.2) is 77.9 Å². The number of para-hydroxylation sites is 1. The van der Waals surface area contributed by atoms with Gasteiger partial charge in [-0.2, -0.15) is 0 Å². The fraction of sp³-hybridized carbons (Fsp3) is 0.0833. The summed E-state index contributed by atoms with van der Waals surface area (Å²) in [5.41, 5.74) is 12.7. The first kappa shape index (κ1) is 21.6. The minimum Gasteiger partial charge on any atom is -0.507 e. The number of nitrogens with zero attached hydrogens (tertiary/aromatic N) is 4. The molecule has 0 fully saturated rings. The third-order valence-corrected chi connectivity index (χ3v) is 5.15. The Kier molecular flexibility index (Phi) is 5.77. The van der Waals surface area contributed by atoms with Gasteiger partial charge in [0.05, 0.1) is 5.39 Å². The van der Waals surface area contributed by atoms with E-state index in [2.05, 4.69) is 10.1 Å². The number of nitrogens with two attached hydrogens (primary N) is 2. The number of aromatic hydroxyl groups is 1. The van der Waals surface area contributed by atoms with Crippen LogP contribution >= 0.6 is 0 Å². The number of hydrogen-bond donors (Lipinski definition) is 3. The second-order valence-corrected chi connectivity index (χ2v) is 7.22. The van der Waals surface area contributed by atoms with E-state index in [0.29, 0.717) is 11.0 Å². The van der Waals surface area contributed by atoms with E-state index in [4.69, 9.17) is 11.5 Å². The molecular weight excluding hydrogens is 420 g/mol. The van der Waals surface area contributed by atoms with E-state index >= 15 is 0 Å². The van der Waals surface area contributed by atoms with Gasteiger partial charge in [0.25, 0.3) is 11.5 Å². The molecule has 5 aromatic rings. The minimum atomic E-state index is -0.619. The van der Waals surface area contributed by atoms with Gasteiger partial charge in [-0.25, -0.2) is 9.50 Å². The number of carbonyl (C=O) groups is 1. The van der Waals surface area contributed by atoms with E-state index in [1.165, 1.54) is 4.52 Å². The normalized spacial score (nSPS) is 10.7. The summed E-state index contributed by atoms with van der Waals surface area (Å²) in [6.45, 7) is 2.02. The highest BCUT2D eigenvalue weighted by molar-refractivity contribution is 6.03. The molecule has 0 aliphatic carbocycles. The summed E-state index contributed by atoms with van der Waals surface area (Å²) < 4.78 is 3.08. The van der Waals surface area contributed by atoms with Crippen LogP contribution in [0.4, 0.5) is 5.82 Å². The molecule has 5 N–H and O–H groups in total. The van der Waals surface area contributed by atoms with Crippen molar-refractivity contribution in [3.63, 3.8) is 0 Å². The number of carbonyl (C=O) groups excluding carboxylic acids is 1. The third-order valence-electron chi connectivity index (χ3n) is 5.15. The van der Waals surface area contributed by atoms with Crippen molar-refractivity contribution in [2.75, 3.05) is 5.73 Å². The van der Waals surface area contributed by atoms with Gasteiger partial charge in [-0.05, 0) is 42.1 Å². The van der Waals surface area contributed by atoms with E-state index in [-0.39, 0.29) is 22.7 Å². The molecule has 0 unspecified atom stereocenters. The number of fused-ring (bicyclic) bond motifs is 2. The lowest BCUT2D eigenvalue weighted by atomic mass is 10.1. The number of benzene rings is 2. The summed E-state index contributed by atoms with van der Waals surface area (Å²) in [7, 11) is 0. The maximum Gasteiger partial charge on any atom is 0.266 e. The van der Waals surface area contributed by atoms with Crippen LogP contribution in [0.2, 0.25) is 0 Å². The summed E-state index contributed by atoms with van der Waals surface area (Å²) in [6, 6.07) is 18.3. The molecule has 0 aliphatic heterocycles. The Morgan fingerprint density at radius 2 is 1.85 bits per heavy atom. The van der Waals surface area contributed by atoms with Crippen molar-refractivity contribution in [3.05, 3.63) is 94.7 Å². The van der Waals surface area contributed by atoms with Crippen LogP contribution < -0.4 is 17.0 Å². The number of nitrogen functional groups attached to an aromatic ring is 1. The first-order valence-corrected chi connectivity index (χ1v) is 10.2. The lowest BCUT2D eigenvalue weighted by Crippen LogP contribution is -2.21. The molecule has 9 nitrogen and oxygen atoms in total. The number of rotatable bonds is 3. The molecule has 166 valence electrons. The maximum atomic E-state index is 12.7. The lowest BCUT2D eigenvalue weighted by Gasteiger charge is -2.13. The monoisotopic (exact) mass is 442 g/mol. The van der Waals surface area contributed by atoms with Gasteiger partial charge < -0.3 is 16.6 Å². The third kappa shape index (κ3) is 3.99. The highest BCUT2D eigenvalue weighted by atomic mass is 16.3. The fourth-order valence-electron chi connectivity index (χ4n) is 3.66. The Morgan fingerprint density at radius 1 is 1.09 bits per heavy atom. The molecule has 1 amide bonds. The zero-order chi connectivity index (χ0) is 23.5. The second kappa shape index (κ2) is 8.83. The number of hydrogen-bond acceptors (Lipinski definition) is 6. The summed E-state index contributed by atoms with van der Waals surface area (Å²) in [6.07, 6.45) is 3.93. The summed E-state index contributed by atoms with van der Waals surface area (Å²) >= 11 is 0. The van der Waals surface area contributed by atoms with E-state index in [0.717, 1.165) is 23.2 Å². The lowest BCUT2D eigenvalue weighted by molar-refractivity contribution is 0.100. The number of aryl methyl sites for hydroxylation is 1. The number of amides is 1. The molecule has 9 heteroatoms. The van der Waals surface area contributed by atoms with Crippen molar-refractivity contribution in [1.82, 2.24) is 19.2 Å². The molecule has 0 saturated heterocycles. The average Bonchev–Trinajstić information content (AvgIpc) is 3.15. The number of anilines is 1. The van der Waals surface area contributed by atoms with Gasteiger partial charge >= 0.3 is 0 Å². The molecule has 0 saturated carbocycles. The number of phenolic OH excluding ortho intramolecular Hbond substituents is 1. The summed E-state index contributed by atoms with van der Waals surface area (Å²) in [5, 5.41) is 15.0. The van der Waals surface area contributed by atoms with Gasteiger partial charge in [-0.1, -0.05) is 37.3 Å². The highest BCUT2D eigenvalue weighted by Crippen LogP contribution is 2.23. The van der Waals surface area contributed by atoms with E-state index < -0.39 is 5.91 Å². The first-order chi connectivity index (χ1) is 15.9. The maximum absolute atomic E-state index is 12.7. The van der Waals surface area contributed by atoms with Crippen molar-refractivity contribution in [3.8, 4) is 11.4 Å². The Morgan fingerprint density at radius 3 is 2.55 bits per heavy atom. The van der Waals surface area contributed by atoms with Gasteiger partial charge in [0.1, 0.15) is 11.3 Å². The van der Waals surface area contributed by atoms with Crippen LogP contribution in [-0.2, 0) is 6.42 Å². The van der Waals surface area contributed by atoms with Crippen molar-refractivity contribution < 1.29 is 9.90 Å². The SMILES string of the molecule is CCc1cc2cccc(O)c2c(=O)n1-c1ccccc1.NC(=O)c1c(N)nn2cccnc12. The van der Waals surface area contributed by atoms with Crippen molar-refractivity contribution in [2.45, 2.75) is 13.3 Å². The molecule has 5 rings (SSSR count). The number of pyridine rings is 1. The molecule has 3 heterocycles. The Labute approximate surface area is 188 Å². The number of phenols is 1. The Balaban J connectivity index is 0.000000172. The predicted molar refractivity (Wildman–Crippen MR) is 127 cm³/mol. The molecule has 0 bridgehead atoms. The molecule has 2 aromatic carbocycles. The van der Waals surface area contributed by atoms with Crippen molar-refractivity contribution in [2.24, 2.45) is 5.73 Å². The van der Waals surface area contributed by atoms with Crippen molar-refractivity contribution >= 4 is 28.1 Å². The first-order valence-electron chi connectivity index (χ1n) is 10.2. The molecule has 0 spiro atoms. The van der Waals surface area contributed by atoms with Crippen molar-refractivity contribution in [1.29, 1.82) is 0 Å². The number of aromatic nitrogens is 4. The van der Waals surface area contributed by atoms with Crippen LogP contribution in [0.3, 0.4) is 0 Å². The van der Waals surface area contributed by atoms with Crippen LogP contribution in [0.25, 0.3) is 22.1 Å². The van der Waals surface area contributed by atoms with Gasteiger partial charge in [-0.3, -0.25) is 14.2 Å². The smallest absolute Gasteiger partial charge is 0.266 e. The Bertz CT molecular complexity index is 1520. The van der Waals surface area contributed by atoms with Gasteiger partial charge in [0.15, 0.2) is 11.5 Å².